The van der Waals surface area contributed by atoms with Crippen molar-refractivity contribution >= 4 is 41.3 Å². The van der Waals surface area contributed by atoms with Crippen LogP contribution in [0.3, 0.4) is 0 Å². The summed E-state index contributed by atoms with van der Waals surface area (Å²) in [6, 6.07) is 43.0. The topological polar surface area (TPSA) is 0 Å². The minimum Gasteiger partial charge on any atom is -0.122 e. The molecule has 31 heavy (non-hydrogen) atoms. The van der Waals surface area contributed by atoms with E-state index in [9.17, 15) is 0 Å². The molecule has 4 aromatic rings. The SMILES string of the molecule is ClC/C(=C\C=C\c1ccccc1)[Si](c1ccccc1)(c1ccccc1)c1ccccc1. The molecule has 0 fully saturated rings. The zero-order valence-corrected chi connectivity index (χ0v) is 19.1. The molecule has 0 radical (unpaired) electrons. The fourth-order valence-corrected chi connectivity index (χ4v) is 9.66. The predicted molar refractivity (Wildman–Crippen MR) is 138 cm³/mol. The molecule has 0 spiro atoms. The van der Waals surface area contributed by atoms with E-state index in [1.807, 2.05) is 6.07 Å². The second kappa shape index (κ2) is 10.3. The van der Waals surface area contributed by atoms with Crippen molar-refractivity contribution in [2.24, 2.45) is 0 Å². The molecule has 0 aliphatic rings. The first-order chi connectivity index (χ1) is 15.4. The molecule has 0 aliphatic carbocycles. The third-order valence-corrected chi connectivity index (χ3v) is 11.0. The molecule has 4 aromatic carbocycles. The number of halogens is 1. The number of hydrogen-bond donors (Lipinski definition) is 0. The van der Waals surface area contributed by atoms with Crippen LogP contribution in [0.4, 0.5) is 0 Å². The minimum atomic E-state index is -2.51. The quantitative estimate of drug-likeness (QED) is 0.154. The summed E-state index contributed by atoms with van der Waals surface area (Å²) < 4.78 is 0. The molecule has 0 saturated carbocycles. The van der Waals surface area contributed by atoms with Crippen molar-refractivity contribution < 1.29 is 0 Å². The maximum atomic E-state index is 6.72. The summed E-state index contributed by atoms with van der Waals surface area (Å²) in [6.45, 7) is 0. The van der Waals surface area contributed by atoms with Crippen LogP contribution in [0, 0.1) is 0 Å². The van der Waals surface area contributed by atoms with Crippen LogP contribution in [0.15, 0.2) is 139 Å². The molecule has 0 atom stereocenters. The molecule has 0 aliphatic heterocycles. The Morgan fingerprint density at radius 2 is 0.968 bits per heavy atom. The summed E-state index contributed by atoms with van der Waals surface area (Å²) in [5, 5.41) is 5.29. The Bertz CT molecular complexity index is 1040. The van der Waals surface area contributed by atoms with Gasteiger partial charge in [0.2, 0.25) is 0 Å². The standard InChI is InChI=1S/C29H25ClSi/c30-24-29(23-13-16-25-14-5-1-6-15-25)31(26-17-7-2-8-18-26,27-19-9-3-10-20-27)28-21-11-4-12-22-28/h1-23H,24H2/b16-13+,29-23+. The molecule has 0 nitrogen and oxygen atoms in total. The summed E-state index contributed by atoms with van der Waals surface area (Å²) in [5.41, 5.74) is 1.18. The maximum Gasteiger partial charge on any atom is 0.176 e. The Kier molecular flexibility index (Phi) is 6.98. The molecule has 0 unspecified atom stereocenters. The molecule has 4 rings (SSSR count). The van der Waals surface area contributed by atoms with Crippen LogP contribution in [-0.2, 0) is 0 Å². The van der Waals surface area contributed by atoms with Gasteiger partial charge in [-0.3, -0.25) is 0 Å². The predicted octanol–water partition coefficient (Wildman–Crippen LogP) is 5.57. The van der Waals surface area contributed by atoms with Crippen LogP contribution in [0.25, 0.3) is 6.08 Å². The summed E-state index contributed by atoms with van der Waals surface area (Å²) >= 11 is 6.72. The van der Waals surface area contributed by atoms with E-state index in [1.165, 1.54) is 26.3 Å². The van der Waals surface area contributed by atoms with E-state index in [0.29, 0.717) is 5.88 Å². The third kappa shape index (κ3) is 4.48. The highest BCUT2D eigenvalue weighted by Gasteiger charge is 2.42. The van der Waals surface area contributed by atoms with Crippen molar-refractivity contribution in [3.63, 3.8) is 0 Å². The number of allylic oxidation sites excluding steroid dienone is 3. The van der Waals surface area contributed by atoms with E-state index >= 15 is 0 Å². The van der Waals surface area contributed by atoms with Gasteiger partial charge in [-0.05, 0) is 21.1 Å². The molecule has 0 N–H and O–H groups in total. The zero-order valence-electron chi connectivity index (χ0n) is 17.4. The smallest absolute Gasteiger partial charge is 0.122 e. The molecular formula is C29H25ClSi. The zero-order chi connectivity index (χ0) is 21.4. The lowest BCUT2D eigenvalue weighted by Gasteiger charge is -2.35. The summed E-state index contributed by atoms with van der Waals surface area (Å²) in [4.78, 5) is 0. The number of alkyl halides is 1. The molecule has 0 bridgehead atoms. The average molecular weight is 437 g/mol. The highest BCUT2D eigenvalue weighted by atomic mass is 35.5. The summed E-state index contributed by atoms with van der Waals surface area (Å²) in [6.07, 6.45) is 6.52. The van der Waals surface area contributed by atoms with Gasteiger partial charge >= 0.3 is 0 Å². The number of benzene rings is 4. The number of hydrogen-bond acceptors (Lipinski definition) is 0. The van der Waals surface area contributed by atoms with Gasteiger partial charge in [-0.15, -0.1) is 11.6 Å². The van der Waals surface area contributed by atoms with Gasteiger partial charge in [-0.1, -0.05) is 145 Å². The largest absolute Gasteiger partial charge is 0.176 e. The second-order valence-electron chi connectivity index (χ2n) is 7.44. The number of rotatable bonds is 7. The fourth-order valence-electron chi connectivity index (χ4n) is 4.23. The van der Waals surface area contributed by atoms with Crippen molar-refractivity contribution in [3.8, 4) is 0 Å². The molecule has 152 valence electrons. The first-order valence-electron chi connectivity index (χ1n) is 10.5. The molecule has 0 amide bonds. The van der Waals surface area contributed by atoms with Gasteiger partial charge < -0.3 is 0 Å². The van der Waals surface area contributed by atoms with Gasteiger partial charge in [0.25, 0.3) is 0 Å². The molecule has 2 heteroatoms. The van der Waals surface area contributed by atoms with Gasteiger partial charge in [0.05, 0.1) is 0 Å². The normalized spacial score (nSPS) is 12.2. The first-order valence-corrected chi connectivity index (χ1v) is 13.0. The van der Waals surface area contributed by atoms with Crippen molar-refractivity contribution in [1.82, 2.24) is 0 Å². The van der Waals surface area contributed by atoms with Gasteiger partial charge in [-0.25, -0.2) is 0 Å². The van der Waals surface area contributed by atoms with Crippen molar-refractivity contribution in [1.29, 1.82) is 0 Å². The molecule has 0 saturated heterocycles. The Balaban J connectivity index is 1.96. The van der Waals surface area contributed by atoms with Gasteiger partial charge in [0.1, 0.15) is 0 Å². The van der Waals surface area contributed by atoms with Crippen molar-refractivity contribution in [2.45, 2.75) is 0 Å². The highest BCUT2D eigenvalue weighted by molar-refractivity contribution is 7.16. The van der Waals surface area contributed by atoms with Crippen molar-refractivity contribution in [3.05, 3.63) is 144 Å². The minimum absolute atomic E-state index is 0.476. The van der Waals surface area contributed by atoms with E-state index in [4.69, 9.17) is 11.6 Å². The van der Waals surface area contributed by atoms with Crippen molar-refractivity contribution in [2.75, 3.05) is 5.88 Å². The lowest BCUT2D eigenvalue weighted by molar-refractivity contribution is 1.57. The van der Waals surface area contributed by atoms with Crippen LogP contribution in [-0.4, -0.2) is 14.0 Å². The lowest BCUT2D eigenvalue weighted by atomic mass is 10.2. The molecular weight excluding hydrogens is 412 g/mol. The Hall–Kier alpha value is -3.13. The van der Waals surface area contributed by atoms with E-state index in [-0.39, 0.29) is 0 Å². The van der Waals surface area contributed by atoms with Crippen LogP contribution >= 0.6 is 11.6 Å². The Morgan fingerprint density at radius 3 is 1.35 bits per heavy atom. The lowest BCUT2D eigenvalue weighted by Crippen LogP contribution is -2.69. The fraction of sp³-hybridized carbons (Fsp3) is 0.0345. The van der Waals surface area contributed by atoms with Gasteiger partial charge in [0, 0.05) is 5.88 Å². The summed E-state index contributed by atoms with van der Waals surface area (Å²) in [7, 11) is -2.51. The van der Waals surface area contributed by atoms with Gasteiger partial charge in [-0.2, -0.15) is 0 Å². The average Bonchev–Trinajstić information content (AvgIpc) is 2.86. The van der Waals surface area contributed by atoms with Crippen LogP contribution in [0.5, 0.6) is 0 Å². The van der Waals surface area contributed by atoms with E-state index in [0.717, 1.165) is 0 Å². The molecule has 0 aromatic heterocycles. The van der Waals surface area contributed by atoms with Gasteiger partial charge in [0.15, 0.2) is 8.07 Å². The van der Waals surface area contributed by atoms with E-state index < -0.39 is 8.07 Å². The summed E-state index contributed by atoms with van der Waals surface area (Å²) in [5.74, 6) is 0.476. The third-order valence-electron chi connectivity index (χ3n) is 5.63. The van der Waals surface area contributed by atoms with Crippen LogP contribution < -0.4 is 15.6 Å². The Labute approximate surface area is 191 Å². The second-order valence-corrected chi connectivity index (χ2v) is 11.6. The molecule has 0 heterocycles. The van der Waals surface area contributed by atoms with Crippen LogP contribution in [0.1, 0.15) is 5.56 Å². The van der Waals surface area contributed by atoms with E-state index in [1.54, 1.807) is 0 Å². The first kappa shape index (κ1) is 21.1. The maximum absolute atomic E-state index is 6.72. The van der Waals surface area contributed by atoms with Crippen LogP contribution in [0.2, 0.25) is 0 Å². The highest BCUT2D eigenvalue weighted by Crippen LogP contribution is 2.19. The van der Waals surface area contributed by atoms with E-state index in [2.05, 4.69) is 133 Å². The Morgan fingerprint density at radius 1 is 0.581 bits per heavy atom. The monoisotopic (exact) mass is 436 g/mol.